The third-order valence-electron chi connectivity index (χ3n) is 3.83. The van der Waals surface area contributed by atoms with Crippen LogP contribution in [0.4, 0.5) is 4.39 Å². The second-order valence-electron chi connectivity index (χ2n) is 5.76. The summed E-state index contributed by atoms with van der Waals surface area (Å²) >= 11 is 0. The van der Waals surface area contributed by atoms with Gasteiger partial charge in [-0.25, -0.2) is 4.39 Å². The van der Waals surface area contributed by atoms with Gasteiger partial charge in [0, 0.05) is 13.1 Å². The second kappa shape index (κ2) is 6.89. The molecule has 1 saturated heterocycles. The number of amides is 1. The fraction of sp³-hybridized carbons (Fsp3) is 0.562. The summed E-state index contributed by atoms with van der Waals surface area (Å²) in [5, 5.41) is 10.0. The Labute approximate surface area is 124 Å². The second-order valence-corrected chi connectivity index (χ2v) is 5.76. The SMILES string of the molecule is CC1(O)CCCN(C(=O)CCOc2ccccc2F)CC1. The summed E-state index contributed by atoms with van der Waals surface area (Å²) in [5.41, 5.74) is -0.682. The number of carbonyl (C=O) groups excluding carboxylic acids is 1. The first kappa shape index (κ1) is 15.8. The molecular formula is C16H22FNO3. The van der Waals surface area contributed by atoms with Crippen LogP contribution in [0, 0.1) is 5.82 Å². The smallest absolute Gasteiger partial charge is 0.225 e. The van der Waals surface area contributed by atoms with E-state index in [9.17, 15) is 14.3 Å². The largest absolute Gasteiger partial charge is 0.490 e. The molecule has 0 saturated carbocycles. The van der Waals surface area contributed by atoms with Crippen LogP contribution in [0.1, 0.15) is 32.6 Å². The lowest BCUT2D eigenvalue weighted by molar-refractivity contribution is -0.131. The molecule has 1 amide bonds. The Morgan fingerprint density at radius 2 is 2.14 bits per heavy atom. The van der Waals surface area contributed by atoms with Crippen molar-refractivity contribution < 1.29 is 19.0 Å². The van der Waals surface area contributed by atoms with Crippen LogP contribution in [0.3, 0.4) is 0 Å². The van der Waals surface area contributed by atoms with Crippen LogP contribution < -0.4 is 4.74 Å². The highest BCUT2D eigenvalue weighted by atomic mass is 19.1. The lowest BCUT2D eigenvalue weighted by Gasteiger charge is -2.22. The average molecular weight is 295 g/mol. The molecule has 0 spiro atoms. The van der Waals surface area contributed by atoms with Crippen LogP contribution in [0.25, 0.3) is 0 Å². The number of nitrogens with zero attached hydrogens (tertiary/aromatic N) is 1. The number of para-hydroxylation sites is 1. The summed E-state index contributed by atoms with van der Waals surface area (Å²) in [6, 6.07) is 6.16. The number of hydrogen-bond acceptors (Lipinski definition) is 3. The molecule has 0 aromatic heterocycles. The van der Waals surface area contributed by atoms with Gasteiger partial charge >= 0.3 is 0 Å². The van der Waals surface area contributed by atoms with Gasteiger partial charge in [0.2, 0.25) is 5.91 Å². The lowest BCUT2D eigenvalue weighted by atomic mass is 9.98. The van der Waals surface area contributed by atoms with Crippen LogP contribution in [-0.2, 0) is 4.79 Å². The molecule has 1 aliphatic heterocycles. The average Bonchev–Trinajstić information content (AvgIpc) is 2.62. The zero-order chi connectivity index (χ0) is 15.3. The number of aliphatic hydroxyl groups is 1. The number of ether oxygens (including phenoxy) is 1. The number of likely N-dealkylation sites (tertiary alicyclic amines) is 1. The molecule has 0 aliphatic carbocycles. The van der Waals surface area contributed by atoms with Crippen molar-refractivity contribution in [2.75, 3.05) is 19.7 Å². The Morgan fingerprint density at radius 3 is 2.90 bits per heavy atom. The standard InChI is InChI=1S/C16H22FNO3/c1-16(20)8-4-10-18(11-9-16)15(19)7-12-21-14-6-3-2-5-13(14)17/h2-3,5-6,20H,4,7-12H2,1H3. The van der Waals surface area contributed by atoms with Gasteiger partial charge in [0.05, 0.1) is 18.6 Å². The van der Waals surface area contributed by atoms with E-state index in [-0.39, 0.29) is 24.7 Å². The minimum atomic E-state index is -0.682. The van der Waals surface area contributed by atoms with Crippen molar-refractivity contribution in [1.29, 1.82) is 0 Å². The summed E-state index contributed by atoms with van der Waals surface area (Å²) in [5.74, 6) is -0.260. The maximum Gasteiger partial charge on any atom is 0.225 e. The number of carbonyl (C=O) groups is 1. The Hall–Kier alpha value is -1.62. The molecule has 0 bridgehead atoms. The number of benzene rings is 1. The zero-order valence-corrected chi connectivity index (χ0v) is 12.3. The van der Waals surface area contributed by atoms with Gasteiger partial charge in [0.25, 0.3) is 0 Å². The molecule has 21 heavy (non-hydrogen) atoms. The van der Waals surface area contributed by atoms with E-state index in [0.29, 0.717) is 25.9 Å². The van der Waals surface area contributed by atoms with Gasteiger partial charge in [-0.05, 0) is 38.3 Å². The first-order valence-corrected chi connectivity index (χ1v) is 7.35. The van der Waals surface area contributed by atoms with Crippen molar-refractivity contribution in [2.24, 2.45) is 0 Å². The summed E-state index contributed by atoms with van der Waals surface area (Å²) in [6.07, 6.45) is 2.32. The van der Waals surface area contributed by atoms with Gasteiger partial charge in [-0.15, -0.1) is 0 Å². The minimum Gasteiger partial charge on any atom is -0.490 e. The summed E-state index contributed by atoms with van der Waals surface area (Å²) < 4.78 is 18.7. The number of hydrogen-bond donors (Lipinski definition) is 1. The Morgan fingerprint density at radius 1 is 1.38 bits per heavy atom. The third kappa shape index (κ3) is 4.70. The van der Waals surface area contributed by atoms with Gasteiger partial charge < -0.3 is 14.7 Å². The molecule has 1 heterocycles. The van der Waals surface area contributed by atoms with Gasteiger partial charge in [-0.2, -0.15) is 0 Å². The molecule has 1 aromatic rings. The fourth-order valence-electron chi connectivity index (χ4n) is 2.48. The van der Waals surface area contributed by atoms with E-state index >= 15 is 0 Å². The van der Waals surface area contributed by atoms with Crippen molar-refractivity contribution in [1.82, 2.24) is 4.90 Å². The van der Waals surface area contributed by atoms with E-state index in [1.54, 1.807) is 23.1 Å². The monoisotopic (exact) mass is 295 g/mol. The molecule has 116 valence electrons. The topological polar surface area (TPSA) is 49.8 Å². The van der Waals surface area contributed by atoms with E-state index in [4.69, 9.17) is 4.74 Å². The molecule has 0 radical (unpaired) electrons. The Kier molecular flexibility index (Phi) is 5.17. The Balaban J connectivity index is 1.78. The first-order valence-electron chi connectivity index (χ1n) is 7.35. The summed E-state index contributed by atoms with van der Waals surface area (Å²) in [7, 11) is 0. The molecule has 1 aromatic carbocycles. The summed E-state index contributed by atoms with van der Waals surface area (Å²) in [6.45, 7) is 3.19. The molecule has 1 fully saturated rings. The number of halogens is 1. The van der Waals surface area contributed by atoms with Crippen LogP contribution in [0.15, 0.2) is 24.3 Å². The number of rotatable bonds is 4. The molecule has 1 N–H and O–H groups in total. The highest BCUT2D eigenvalue weighted by molar-refractivity contribution is 5.76. The Bertz CT molecular complexity index is 490. The maximum absolute atomic E-state index is 13.4. The van der Waals surface area contributed by atoms with E-state index < -0.39 is 11.4 Å². The molecule has 1 atom stereocenters. The van der Waals surface area contributed by atoms with Crippen molar-refractivity contribution in [3.8, 4) is 5.75 Å². The maximum atomic E-state index is 13.4. The van der Waals surface area contributed by atoms with Crippen molar-refractivity contribution >= 4 is 5.91 Å². The van der Waals surface area contributed by atoms with Crippen LogP contribution in [0.5, 0.6) is 5.75 Å². The third-order valence-corrected chi connectivity index (χ3v) is 3.83. The molecule has 1 unspecified atom stereocenters. The fourth-order valence-corrected chi connectivity index (χ4v) is 2.48. The van der Waals surface area contributed by atoms with E-state index in [2.05, 4.69) is 0 Å². The van der Waals surface area contributed by atoms with Gasteiger partial charge in [0.15, 0.2) is 11.6 Å². The highest BCUT2D eigenvalue weighted by Crippen LogP contribution is 2.22. The summed E-state index contributed by atoms with van der Waals surface area (Å²) in [4.78, 5) is 13.9. The molecule has 1 aliphatic rings. The van der Waals surface area contributed by atoms with Gasteiger partial charge in [-0.3, -0.25) is 4.79 Å². The van der Waals surface area contributed by atoms with Crippen molar-refractivity contribution in [2.45, 2.75) is 38.2 Å². The predicted octanol–water partition coefficient (Wildman–Crippen LogP) is 2.36. The van der Waals surface area contributed by atoms with E-state index in [1.807, 2.05) is 6.92 Å². The van der Waals surface area contributed by atoms with Gasteiger partial charge in [0.1, 0.15) is 0 Å². The lowest BCUT2D eigenvalue weighted by Crippen LogP contribution is -2.34. The zero-order valence-electron chi connectivity index (χ0n) is 12.3. The molecule has 5 heteroatoms. The van der Waals surface area contributed by atoms with Gasteiger partial charge in [-0.1, -0.05) is 12.1 Å². The molecule has 2 rings (SSSR count). The van der Waals surface area contributed by atoms with Crippen LogP contribution >= 0.6 is 0 Å². The first-order chi connectivity index (χ1) is 9.98. The molecule has 4 nitrogen and oxygen atoms in total. The normalized spacial score (nSPS) is 22.7. The molecular weight excluding hydrogens is 273 g/mol. The van der Waals surface area contributed by atoms with Crippen molar-refractivity contribution in [3.63, 3.8) is 0 Å². The van der Waals surface area contributed by atoms with E-state index in [1.165, 1.54) is 6.07 Å². The van der Waals surface area contributed by atoms with Crippen molar-refractivity contribution in [3.05, 3.63) is 30.1 Å². The van der Waals surface area contributed by atoms with Crippen LogP contribution in [-0.4, -0.2) is 41.2 Å². The minimum absolute atomic E-state index is 0.0101. The van der Waals surface area contributed by atoms with E-state index in [0.717, 1.165) is 6.42 Å². The predicted molar refractivity (Wildman–Crippen MR) is 77.6 cm³/mol. The van der Waals surface area contributed by atoms with Crippen LogP contribution in [0.2, 0.25) is 0 Å². The highest BCUT2D eigenvalue weighted by Gasteiger charge is 2.26. The quantitative estimate of drug-likeness (QED) is 0.927.